The van der Waals surface area contributed by atoms with Gasteiger partial charge in [-0.1, -0.05) is 6.07 Å². The van der Waals surface area contributed by atoms with Crippen LogP contribution in [0.15, 0.2) is 18.2 Å². The van der Waals surface area contributed by atoms with Crippen LogP contribution in [0.4, 0.5) is 10.1 Å². The van der Waals surface area contributed by atoms with Gasteiger partial charge in [-0.2, -0.15) is 0 Å². The minimum absolute atomic E-state index is 0.0215. The van der Waals surface area contributed by atoms with Crippen molar-refractivity contribution in [2.75, 3.05) is 33.4 Å². The lowest BCUT2D eigenvalue weighted by atomic mass is 10.1. The van der Waals surface area contributed by atoms with Crippen LogP contribution in [0, 0.1) is 5.82 Å². The lowest BCUT2D eigenvalue weighted by molar-refractivity contribution is -0.129. The molecule has 1 rings (SSSR count). The smallest absolute Gasteiger partial charge is 0.236 e. The van der Waals surface area contributed by atoms with Crippen LogP contribution in [0.25, 0.3) is 0 Å². The van der Waals surface area contributed by atoms with Crippen LogP contribution in [0.2, 0.25) is 0 Å². The predicted molar refractivity (Wildman–Crippen MR) is 65.8 cm³/mol. The first-order valence-electron chi connectivity index (χ1n) is 5.32. The maximum atomic E-state index is 12.8. The number of benzene rings is 1. The van der Waals surface area contributed by atoms with E-state index in [1.807, 2.05) is 11.9 Å². The number of nitrogens with zero attached hydrogens (tertiary/aromatic N) is 2. The first-order chi connectivity index (χ1) is 7.90. The number of carbonyl (C=O) groups is 1. The molecular weight excluding hydrogens is 221 g/mol. The van der Waals surface area contributed by atoms with Gasteiger partial charge in [-0.3, -0.25) is 9.69 Å². The summed E-state index contributed by atoms with van der Waals surface area (Å²) in [6, 6.07) is 4.30. The lowest BCUT2D eigenvalue weighted by Gasteiger charge is -2.19. The molecule has 1 aromatic carbocycles. The number of anilines is 1. The highest BCUT2D eigenvalue weighted by molar-refractivity contribution is 5.77. The van der Waals surface area contributed by atoms with E-state index < -0.39 is 0 Å². The summed E-state index contributed by atoms with van der Waals surface area (Å²) in [6.07, 6.45) is 0. The molecule has 0 saturated carbocycles. The van der Waals surface area contributed by atoms with Crippen LogP contribution < -0.4 is 5.73 Å². The zero-order valence-corrected chi connectivity index (χ0v) is 10.4. The van der Waals surface area contributed by atoms with Crippen LogP contribution in [0.5, 0.6) is 0 Å². The molecule has 0 aliphatic carbocycles. The highest BCUT2D eigenvalue weighted by Crippen LogP contribution is 2.14. The fourth-order valence-corrected chi connectivity index (χ4v) is 1.43. The third-order valence-electron chi connectivity index (χ3n) is 2.45. The lowest BCUT2D eigenvalue weighted by Crippen LogP contribution is -2.34. The van der Waals surface area contributed by atoms with E-state index >= 15 is 0 Å². The van der Waals surface area contributed by atoms with Crippen molar-refractivity contribution in [3.63, 3.8) is 0 Å². The average molecular weight is 239 g/mol. The van der Waals surface area contributed by atoms with Crippen LogP contribution in [-0.2, 0) is 11.3 Å². The molecule has 17 heavy (non-hydrogen) atoms. The highest BCUT2D eigenvalue weighted by atomic mass is 19.1. The summed E-state index contributed by atoms with van der Waals surface area (Å²) >= 11 is 0. The largest absolute Gasteiger partial charge is 0.398 e. The molecule has 4 nitrogen and oxygen atoms in total. The molecule has 0 spiro atoms. The van der Waals surface area contributed by atoms with Gasteiger partial charge in [0.2, 0.25) is 5.91 Å². The van der Waals surface area contributed by atoms with E-state index in [1.54, 1.807) is 20.2 Å². The topological polar surface area (TPSA) is 49.6 Å². The Morgan fingerprint density at radius 3 is 2.53 bits per heavy atom. The molecule has 0 fully saturated rings. The van der Waals surface area contributed by atoms with Gasteiger partial charge in [0, 0.05) is 26.3 Å². The van der Waals surface area contributed by atoms with Gasteiger partial charge in [0.15, 0.2) is 0 Å². The van der Waals surface area contributed by atoms with Crippen molar-refractivity contribution in [2.45, 2.75) is 6.54 Å². The van der Waals surface area contributed by atoms with Gasteiger partial charge in [0.05, 0.1) is 6.54 Å². The van der Waals surface area contributed by atoms with Gasteiger partial charge >= 0.3 is 0 Å². The number of halogens is 1. The van der Waals surface area contributed by atoms with Gasteiger partial charge in [-0.05, 0) is 24.7 Å². The number of carbonyl (C=O) groups excluding carboxylic acids is 1. The van der Waals surface area contributed by atoms with Crippen molar-refractivity contribution in [3.05, 3.63) is 29.6 Å². The molecule has 0 atom stereocenters. The Morgan fingerprint density at radius 1 is 1.35 bits per heavy atom. The van der Waals surface area contributed by atoms with Gasteiger partial charge in [-0.25, -0.2) is 4.39 Å². The van der Waals surface area contributed by atoms with E-state index in [4.69, 9.17) is 5.73 Å². The van der Waals surface area contributed by atoms with Crippen molar-refractivity contribution >= 4 is 11.6 Å². The zero-order chi connectivity index (χ0) is 13.0. The highest BCUT2D eigenvalue weighted by Gasteiger charge is 2.10. The summed E-state index contributed by atoms with van der Waals surface area (Å²) in [5, 5.41) is 0. The monoisotopic (exact) mass is 239 g/mol. The number of hydrogen-bond acceptors (Lipinski definition) is 3. The molecule has 1 aromatic rings. The molecule has 0 unspecified atom stereocenters. The molecule has 0 aromatic heterocycles. The zero-order valence-electron chi connectivity index (χ0n) is 10.4. The van der Waals surface area contributed by atoms with E-state index in [9.17, 15) is 9.18 Å². The summed E-state index contributed by atoms with van der Waals surface area (Å²) < 4.78 is 12.8. The normalized spacial score (nSPS) is 10.6. The SMILES string of the molecule is CN(CC(=O)N(C)C)Cc1ccc(F)cc1N. The molecule has 5 heteroatoms. The second-order valence-electron chi connectivity index (χ2n) is 4.30. The third kappa shape index (κ3) is 4.03. The molecule has 0 aliphatic rings. The third-order valence-corrected chi connectivity index (χ3v) is 2.45. The summed E-state index contributed by atoms with van der Waals surface area (Å²) in [5.41, 5.74) is 6.93. The number of nitrogens with two attached hydrogens (primary N) is 1. The Bertz CT molecular complexity index is 407. The van der Waals surface area contributed by atoms with Crippen LogP contribution >= 0.6 is 0 Å². The molecule has 0 saturated heterocycles. The maximum Gasteiger partial charge on any atom is 0.236 e. The van der Waals surface area contributed by atoms with E-state index in [0.717, 1.165) is 5.56 Å². The minimum Gasteiger partial charge on any atom is -0.398 e. The number of hydrogen-bond donors (Lipinski definition) is 1. The van der Waals surface area contributed by atoms with Crippen molar-refractivity contribution in [1.82, 2.24) is 9.80 Å². The predicted octanol–water partition coefficient (Wildman–Crippen LogP) is 0.928. The summed E-state index contributed by atoms with van der Waals surface area (Å²) in [5.74, 6) is -0.327. The van der Waals surface area contributed by atoms with Crippen molar-refractivity contribution in [2.24, 2.45) is 0 Å². The van der Waals surface area contributed by atoms with Crippen LogP contribution in [0.1, 0.15) is 5.56 Å². The molecule has 0 heterocycles. The van der Waals surface area contributed by atoms with Gasteiger partial charge in [0.1, 0.15) is 5.82 Å². The number of amides is 1. The fraction of sp³-hybridized carbons (Fsp3) is 0.417. The van der Waals surface area contributed by atoms with Gasteiger partial charge < -0.3 is 10.6 Å². The summed E-state index contributed by atoms with van der Waals surface area (Å²) in [4.78, 5) is 14.8. The van der Waals surface area contributed by atoms with Crippen LogP contribution in [-0.4, -0.2) is 43.4 Å². The second-order valence-corrected chi connectivity index (χ2v) is 4.30. The molecule has 1 amide bonds. The average Bonchev–Trinajstić information content (AvgIpc) is 2.22. The number of likely N-dealkylation sites (N-methyl/N-ethyl adjacent to an activating group) is 2. The van der Waals surface area contributed by atoms with Gasteiger partial charge in [0.25, 0.3) is 0 Å². The Balaban J connectivity index is 2.62. The standard InChI is InChI=1S/C12H18FN3O/c1-15(2)12(17)8-16(3)7-9-4-5-10(13)6-11(9)14/h4-6H,7-8,14H2,1-3H3. The molecule has 0 aliphatic heterocycles. The first kappa shape index (κ1) is 13.4. The minimum atomic E-state index is -0.349. The second kappa shape index (κ2) is 5.63. The van der Waals surface area contributed by atoms with Crippen molar-refractivity contribution in [3.8, 4) is 0 Å². The van der Waals surface area contributed by atoms with Crippen molar-refractivity contribution in [1.29, 1.82) is 0 Å². The Kier molecular flexibility index (Phi) is 4.45. The first-order valence-corrected chi connectivity index (χ1v) is 5.32. The summed E-state index contributed by atoms with van der Waals surface area (Å²) in [7, 11) is 5.25. The molecule has 0 bridgehead atoms. The maximum absolute atomic E-state index is 12.8. The molecule has 0 radical (unpaired) electrons. The quantitative estimate of drug-likeness (QED) is 0.795. The summed E-state index contributed by atoms with van der Waals surface area (Å²) in [6.45, 7) is 0.829. The molecule has 94 valence electrons. The number of rotatable bonds is 4. The van der Waals surface area contributed by atoms with E-state index in [0.29, 0.717) is 18.8 Å². The Labute approximate surface area is 101 Å². The van der Waals surface area contributed by atoms with Crippen molar-refractivity contribution < 1.29 is 9.18 Å². The van der Waals surface area contributed by atoms with E-state index in [2.05, 4.69) is 0 Å². The Morgan fingerprint density at radius 2 is 2.00 bits per heavy atom. The van der Waals surface area contributed by atoms with Gasteiger partial charge in [-0.15, -0.1) is 0 Å². The Hall–Kier alpha value is -1.62. The molecular formula is C12H18FN3O. The molecule has 2 N–H and O–H groups in total. The van der Waals surface area contributed by atoms with E-state index in [1.165, 1.54) is 17.0 Å². The fourth-order valence-electron chi connectivity index (χ4n) is 1.43. The van der Waals surface area contributed by atoms with E-state index in [-0.39, 0.29) is 11.7 Å². The van der Waals surface area contributed by atoms with Crippen LogP contribution in [0.3, 0.4) is 0 Å². The number of nitrogen functional groups attached to an aromatic ring is 1.